The molecule has 0 amide bonds. The van der Waals surface area contributed by atoms with Gasteiger partial charge in [-0.25, -0.2) is 9.37 Å². The molecule has 13 heteroatoms. The van der Waals surface area contributed by atoms with Crippen LogP contribution in [0.15, 0.2) is 16.7 Å². The van der Waals surface area contributed by atoms with E-state index in [-0.39, 0.29) is 4.60 Å². The van der Waals surface area contributed by atoms with Gasteiger partial charge in [-0.1, -0.05) is 0 Å². The highest BCUT2D eigenvalue weighted by Crippen LogP contribution is 2.50. The summed E-state index contributed by atoms with van der Waals surface area (Å²) in [5.74, 6) is -12.6. The van der Waals surface area contributed by atoms with E-state index in [4.69, 9.17) is 0 Å². The Balaban J connectivity index is 3.76. The third kappa shape index (κ3) is 4.37. The molecule has 1 aromatic heterocycles. The second kappa shape index (κ2) is 7.34. The van der Waals surface area contributed by atoms with Crippen molar-refractivity contribution in [3.05, 3.63) is 28.2 Å². The molecule has 27 heavy (non-hydrogen) atoms. The summed E-state index contributed by atoms with van der Waals surface area (Å²) in [6.45, 7) is 4.29. The van der Waals surface area contributed by atoms with E-state index in [1.54, 1.807) is 4.72 Å². The molecule has 156 valence electrons. The number of hydrogen-bond donors (Lipinski definition) is 3. The van der Waals surface area contributed by atoms with Crippen molar-refractivity contribution in [2.45, 2.75) is 55.9 Å². The summed E-state index contributed by atoms with van der Waals surface area (Å²) in [6.07, 6.45) is -6.22. The van der Waals surface area contributed by atoms with Crippen LogP contribution in [0.1, 0.15) is 33.4 Å². The van der Waals surface area contributed by atoms with Crippen molar-refractivity contribution < 1.29 is 41.1 Å². The summed E-state index contributed by atoms with van der Waals surface area (Å²) in [5.41, 5.74) is -4.82. The predicted molar refractivity (Wildman–Crippen MR) is 88.4 cm³/mol. The number of hydrogen-bond acceptors (Lipinski definition) is 5. The van der Waals surface area contributed by atoms with Crippen LogP contribution in [-0.4, -0.2) is 42.4 Å². The minimum absolute atomic E-state index is 0.224. The summed E-state index contributed by atoms with van der Waals surface area (Å²) >= 11 is 0.306. The molecule has 2 atom stereocenters. The molecule has 0 saturated heterocycles. The van der Waals surface area contributed by atoms with Gasteiger partial charge >= 0.3 is 17.9 Å². The number of halogens is 7. The average Bonchev–Trinajstić information content (AvgIpc) is 2.46. The maximum Gasteiger partial charge on any atom is 0.449 e. The number of aromatic nitrogens is 1. The molecule has 0 aliphatic heterocycles. The zero-order valence-corrected chi connectivity index (χ0v) is 16.9. The van der Waals surface area contributed by atoms with Crippen molar-refractivity contribution >= 4 is 27.3 Å². The molecule has 0 aliphatic carbocycles. The van der Waals surface area contributed by atoms with Crippen LogP contribution in [-0.2, 0) is 16.9 Å². The summed E-state index contributed by atoms with van der Waals surface area (Å²) in [6, 6.07) is 1.62. The number of alkyl halides is 5. The fourth-order valence-electron chi connectivity index (χ4n) is 1.90. The van der Waals surface area contributed by atoms with Crippen LogP contribution in [0.4, 0.5) is 26.3 Å². The van der Waals surface area contributed by atoms with Crippen LogP contribution in [0.2, 0.25) is 0 Å². The second-order valence-electron chi connectivity index (χ2n) is 6.82. The maximum atomic E-state index is 14.9. The summed E-state index contributed by atoms with van der Waals surface area (Å²) in [4.78, 5) is 3.42. The Kier molecular flexibility index (Phi) is 6.64. The van der Waals surface area contributed by atoms with E-state index in [0.717, 1.165) is 6.07 Å². The first-order valence-electron chi connectivity index (χ1n) is 7.20. The molecule has 1 heterocycles. The molecule has 0 aromatic carbocycles. The van der Waals surface area contributed by atoms with E-state index in [0.29, 0.717) is 13.0 Å². The van der Waals surface area contributed by atoms with E-state index >= 15 is 0 Å². The first kappa shape index (κ1) is 24.4. The highest BCUT2D eigenvalue weighted by atomic mass is 79.9. The molecule has 1 unspecified atom stereocenters. The average molecular weight is 487 g/mol. The molecular weight excluding hydrogens is 470 g/mol. The summed E-state index contributed by atoms with van der Waals surface area (Å²) in [5, 5.41) is 18.5. The fourth-order valence-corrected chi connectivity index (χ4v) is 3.11. The lowest BCUT2D eigenvalue weighted by molar-refractivity contribution is -0.429. The summed E-state index contributed by atoms with van der Waals surface area (Å²) in [7, 11) is 0. The molecule has 0 saturated carbocycles. The van der Waals surface area contributed by atoms with Crippen molar-refractivity contribution in [2.24, 2.45) is 0 Å². The van der Waals surface area contributed by atoms with E-state index in [9.17, 15) is 41.1 Å². The van der Waals surface area contributed by atoms with Crippen LogP contribution in [0.3, 0.4) is 0 Å². The van der Waals surface area contributed by atoms with Crippen molar-refractivity contribution in [1.29, 1.82) is 0 Å². The van der Waals surface area contributed by atoms with Crippen molar-refractivity contribution in [3.63, 3.8) is 0 Å². The van der Waals surface area contributed by atoms with Crippen LogP contribution in [0, 0.1) is 5.82 Å². The van der Waals surface area contributed by atoms with Gasteiger partial charge in [0.25, 0.3) is 0 Å². The maximum absolute atomic E-state index is 14.9. The molecule has 3 N–H and O–H groups in total. The van der Waals surface area contributed by atoms with Gasteiger partial charge in [0, 0.05) is 11.4 Å². The lowest BCUT2D eigenvalue weighted by Crippen LogP contribution is -2.71. The molecule has 1 aromatic rings. The highest BCUT2D eigenvalue weighted by molar-refractivity contribution is 9.10. The predicted octanol–water partition coefficient (Wildman–Crippen LogP) is 3.13. The van der Waals surface area contributed by atoms with Gasteiger partial charge in [0.2, 0.25) is 0 Å². The molecule has 5 nitrogen and oxygen atoms in total. The molecule has 0 aliphatic rings. The third-order valence-corrected chi connectivity index (χ3v) is 5.75. The normalized spacial score (nSPS) is 17.6. The van der Waals surface area contributed by atoms with Gasteiger partial charge in [-0.2, -0.15) is 22.0 Å². The minimum Gasteiger partial charge on any atom is -0.598 e. The van der Waals surface area contributed by atoms with Crippen molar-refractivity contribution in [1.82, 2.24) is 9.71 Å². The van der Waals surface area contributed by atoms with Crippen LogP contribution < -0.4 is 4.72 Å². The lowest BCUT2D eigenvalue weighted by atomic mass is 9.84. The van der Waals surface area contributed by atoms with E-state index < -0.39 is 51.0 Å². The van der Waals surface area contributed by atoms with Crippen molar-refractivity contribution in [2.75, 3.05) is 0 Å². The lowest BCUT2D eigenvalue weighted by Gasteiger charge is -2.44. The Morgan fingerprint density at radius 2 is 1.56 bits per heavy atom. The zero-order chi connectivity index (χ0) is 21.6. The first-order chi connectivity index (χ1) is 11.8. The molecule has 1 rings (SSSR count). The second-order valence-corrected chi connectivity index (χ2v) is 9.60. The van der Waals surface area contributed by atoms with Gasteiger partial charge in [-0.15, -0.1) is 4.72 Å². The number of aliphatic hydroxyl groups is 2. The minimum atomic E-state index is -6.22. The highest BCUT2D eigenvalue weighted by Gasteiger charge is 2.77. The van der Waals surface area contributed by atoms with Crippen LogP contribution >= 0.6 is 15.9 Å². The molecule has 0 radical (unpaired) electrons. The van der Waals surface area contributed by atoms with Gasteiger partial charge < -0.3 is 14.8 Å². The quantitative estimate of drug-likeness (QED) is 0.257. The van der Waals surface area contributed by atoms with Crippen LogP contribution in [0.25, 0.3) is 0 Å². The Bertz CT molecular complexity index is 698. The number of pyridine rings is 1. The Labute approximate surface area is 162 Å². The smallest absolute Gasteiger partial charge is 0.449 e. The molecule has 0 spiro atoms. The largest absolute Gasteiger partial charge is 0.598 e. The number of nitrogens with zero attached hydrogens (tertiary/aromatic N) is 1. The monoisotopic (exact) mass is 486 g/mol. The summed E-state index contributed by atoms with van der Waals surface area (Å²) < 4.78 is 95.2. The number of rotatable bonds is 5. The third-order valence-electron chi connectivity index (χ3n) is 3.60. The van der Waals surface area contributed by atoms with Gasteiger partial charge in [0.15, 0.2) is 5.54 Å². The Morgan fingerprint density at radius 1 is 1.07 bits per heavy atom. The van der Waals surface area contributed by atoms with Gasteiger partial charge in [0.05, 0.1) is 0 Å². The SMILES string of the molecule is CC(C)(C)[S@@+]([O-])NC(C)(c1nc(Br)ccc1F)C(F)(F)C(O)(O)C(F)(F)F. The zero-order valence-electron chi connectivity index (χ0n) is 14.5. The number of nitrogens with one attached hydrogen (secondary N) is 1. The van der Waals surface area contributed by atoms with Crippen molar-refractivity contribution in [3.8, 4) is 0 Å². The van der Waals surface area contributed by atoms with E-state index in [2.05, 4.69) is 20.9 Å². The standard InChI is InChI=1S/C14H17BrF6N2O3S/c1-10(2,3)27(26)23-11(4,9-7(16)5-6-8(15)22-9)12(17,18)13(24,25)14(19,20)21/h5-6,23-25H,1-4H3/t11?,27-/m1/s1. The van der Waals surface area contributed by atoms with Crippen LogP contribution in [0.5, 0.6) is 0 Å². The Morgan fingerprint density at radius 3 is 1.96 bits per heavy atom. The van der Waals surface area contributed by atoms with Gasteiger partial charge in [0.1, 0.15) is 20.9 Å². The molecular formula is C14H17BrF6N2O3S. The topological polar surface area (TPSA) is 88.4 Å². The van der Waals surface area contributed by atoms with E-state index in [1.165, 1.54) is 20.8 Å². The van der Waals surface area contributed by atoms with E-state index in [1.807, 2.05) is 0 Å². The first-order valence-corrected chi connectivity index (χ1v) is 9.15. The molecule has 0 bridgehead atoms. The molecule has 0 fully saturated rings. The fraction of sp³-hybridized carbons (Fsp3) is 0.643. The Hall–Kier alpha value is -0.600. The van der Waals surface area contributed by atoms with Gasteiger partial charge in [-0.05, 0) is 55.8 Å². The van der Waals surface area contributed by atoms with Gasteiger partial charge in [-0.3, -0.25) is 0 Å².